The highest BCUT2D eigenvalue weighted by Gasteiger charge is 2.11. The van der Waals surface area contributed by atoms with E-state index in [9.17, 15) is 4.39 Å². The van der Waals surface area contributed by atoms with Crippen molar-refractivity contribution < 1.29 is 13.9 Å². The minimum Gasteiger partial charge on any atom is -0.382 e. The molecular formula is C11H18FN3O2. The van der Waals surface area contributed by atoms with Gasteiger partial charge in [0, 0.05) is 39.1 Å². The molecule has 0 amide bonds. The molecule has 0 aliphatic carbocycles. The Morgan fingerprint density at radius 3 is 2.88 bits per heavy atom. The van der Waals surface area contributed by atoms with E-state index in [4.69, 9.17) is 15.2 Å². The first-order valence-corrected chi connectivity index (χ1v) is 5.32. The molecule has 0 aliphatic heterocycles. The number of nitrogens with two attached hydrogens (primary N) is 1. The summed E-state index contributed by atoms with van der Waals surface area (Å²) in [7, 11) is 3.16. The summed E-state index contributed by atoms with van der Waals surface area (Å²) in [5.74, 6) is -0.228. The number of nitrogens with one attached hydrogen (secondary N) is 1. The molecule has 0 saturated heterocycles. The molecule has 0 fully saturated rings. The average molecular weight is 243 g/mol. The van der Waals surface area contributed by atoms with Gasteiger partial charge in [0.2, 0.25) is 0 Å². The maximum absolute atomic E-state index is 13.7. The molecule has 0 saturated carbocycles. The van der Waals surface area contributed by atoms with Crippen LogP contribution in [0.4, 0.5) is 10.2 Å². The van der Waals surface area contributed by atoms with Gasteiger partial charge in [0.15, 0.2) is 11.6 Å². The van der Waals surface area contributed by atoms with Crippen LogP contribution in [-0.4, -0.2) is 38.5 Å². The lowest BCUT2D eigenvalue weighted by molar-refractivity contribution is 0.0365. The van der Waals surface area contributed by atoms with E-state index < -0.39 is 5.82 Å². The molecule has 5 nitrogen and oxygen atoms in total. The maximum Gasteiger partial charge on any atom is 0.169 e. The van der Waals surface area contributed by atoms with Crippen molar-refractivity contribution in [3.05, 3.63) is 23.6 Å². The number of aromatic nitrogens is 1. The normalized spacial score (nSPS) is 12.5. The number of hydrogen-bond acceptors (Lipinski definition) is 5. The van der Waals surface area contributed by atoms with E-state index in [-0.39, 0.29) is 18.5 Å². The van der Waals surface area contributed by atoms with Crippen LogP contribution in [0.5, 0.6) is 0 Å². The van der Waals surface area contributed by atoms with E-state index in [1.165, 1.54) is 6.20 Å². The number of anilines is 1. The van der Waals surface area contributed by atoms with Crippen LogP contribution in [-0.2, 0) is 16.0 Å². The molecule has 0 bridgehead atoms. The Balaban J connectivity index is 2.62. The second-order valence-electron chi connectivity index (χ2n) is 3.53. The summed E-state index contributed by atoms with van der Waals surface area (Å²) in [6, 6.07) is 1.56. The van der Waals surface area contributed by atoms with E-state index in [1.54, 1.807) is 20.3 Å². The summed E-state index contributed by atoms with van der Waals surface area (Å²) in [6.07, 6.45) is 1.37. The molecule has 0 aromatic carbocycles. The van der Waals surface area contributed by atoms with Crippen LogP contribution in [0.25, 0.3) is 0 Å². The van der Waals surface area contributed by atoms with Gasteiger partial charge in [0.1, 0.15) is 0 Å². The first-order chi connectivity index (χ1) is 8.22. The lowest BCUT2D eigenvalue weighted by Gasteiger charge is -2.16. The first kappa shape index (κ1) is 13.8. The predicted octanol–water partition coefficient (Wildman–Crippen LogP) is 0.753. The van der Waals surface area contributed by atoms with Crippen LogP contribution >= 0.6 is 0 Å². The van der Waals surface area contributed by atoms with Crippen LogP contribution in [0.2, 0.25) is 0 Å². The molecule has 1 aromatic heterocycles. The van der Waals surface area contributed by atoms with E-state index in [0.717, 1.165) is 0 Å². The number of ether oxygens (including phenoxy) is 2. The second-order valence-corrected chi connectivity index (χ2v) is 3.53. The van der Waals surface area contributed by atoms with Gasteiger partial charge in [-0.2, -0.15) is 0 Å². The molecule has 3 N–H and O–H groups in total. The van der Waals surface area contributed by atoms with Gasteiger partial charge in [0.05, 0.1) is 12.7 Å². The Morgan fingerprint density at radius 2 is 2.29 bits per heavy atom. The van der Waals surface area contributed by atoms with Gasteiger partial charge in [-0.1, -0.05) is 0 Å². The largest absolute Gasteiger partial charge is 0.382 e. The molecule has 6 heteroatoms. The summed E-state index contributed by atoms with van der Waals surface area (Å²) in [6.45, 7) is 0.999. The fraction of sp³-hybridized carbons (Fsp3) is 0.545. The van der Waals surface area contributed by atoms with Gasteiger partial charge in [-0.3, -0.25) is 0 Å². The molecule has 96 valence electrons. The molecule has 1 unspecified atom stereocenters. The lowest BCUT2D eigenvalue weighted by atomic mass is 10.2. The topological polar surface area (TPSA) is 69.4 Å². The molecule has 0 aliphatic rings. The van der Waals surface area contributed by atoms with Gasteiger partial charge in [-0.15, -0.1) is 0 Å². The van der Waals surface area contributed by atoms with Crippen molar-refractivity contribution in [3.63, 3.8) is 0 Å². The third-order valence-electron chi connectivity index (χ3n) is 2.37. The summed E-state index contributed by atoms with van der Waals surface area (Å²) in [4.78, 5) is 3.92. The SMILES string of the molecule is COCC(CNc1nccc(CN)c1F)OC. The summed E-state index contributed by atoms with van der Waals surface area (Å²) in [5.41, 5.74) is 5.84. The van der Waals surface area contributed by atoms with Crippen molar-refractivity contribution in [1.29, 1.82) is 0 Å². The highest BCUT2D eigenvalue weighted by molar-refractivity contribution is 5.39. The number of rotatable bonds is 7. The smallest absolute Gasteiger partial charge is 0.169 e. The van der Waals surface area contributed by atoms with Crippen LogP contribution < -0.4 is 11.1 Å². The maximum atomic E-state index is 13.7. The highest BCUT2D eigenvalue weighted by atomic mass is 19.1. The zero-order valence-corrected chi connectivity index (χ0v) is 10.1. The van der Waals surface area contributed by atoms with Crippen molar-refractivity contribution in [1.82, 2.24) is 4.98 Å². The predicted molar refractivity (Wildman–Crippen MR) is 63.2 cm³/mol. The molecule has 0 spiro atoms. The van der Waals surface area contributed by atoms with Gasteiger partial charge < -0.3 is 20.5 Å². The Bertz CT molecular complexity index is 349. The number of halogens is 1. The number of nitrogens with zero attached hydrogens (tertiary/aromatic N) is 1. The van der Waals surface area contributed by atoms with Crippen molar-refractivity contribution in [2.45, 2.75) is 12.6 Å². The number of pyridine rings is 1. The third kappa shape index (κ3) is 3.92. The minimum absolute atomic E-state index is 0.148. The molecule has 1 rings (SSSR count). The van der Waals surface area contributed by atoms with Crippen LogP contribution in [0, 0.1) is 5.82 Å². The van der Waals surface area contributed by atoms with E-state index in [2.05, 4.69) is 10.3 Å². The minimum atomic E-state index is -0.415. The Labute approximate surface area is 100 Å². The molecule has 1 aromatic rings. The Kier molecular flexibility index (Phi) is 5.82. The average Bonchev–Trinajstić information content (AvgIpc) is 2.36. The van der Waals surface area contributed by atoms with Crippen LogP contribution in [0.15, 0.2) is 12.3 Å². The van der Waals surface area contributed by atoms with E-state index >= 15 is 0 Å². The third-order valence-corrected chi connectivity index (χ3v) is 2.37. The quantitative estimate of drug-likeness (QED) is 0.739. The molecule has 1 atom stereocenters. The van der Waals surface area contributed by atoms with E-state index in [1.807, 2.05) is 0 Å². The van der Waals surface area contributed by atoms with E-state index in [0.29, 0.717) is 18.7 Å². The fourth-order valence-electron chi connectivity index (χ4n) is 1.37. The molecule has 1 heterocycles. The summed E-state index contributed by atoms with van der Waals surface area (Å²) in [5, 5.41) is 2.88. The highest BCUT2D eigenvalue weighted by Crippen LogP contribution is 2.14. The van der Waals surface area contributed by atoms with Gasteiger partial charge in [0.25, 0.3) is 0 Å². The second kappa shape index (κ2) is 7.16. The lowest BCUT2D eigenvalue weighted by Crippen LogP contribution is -2.27. The van der Waals surface area contributed by atoms with Crippen molar-refractivity contribution in [2.24, 2.45) is 5.73 Å². The molecule has 17 heavy (non-hydrogen) atoms. The monoisotopic (exact) mass is 243 g/mol. The van der Waals surface area contributed by atoms with Crippen molar-refractivity contribution >= 4 is 5.82 Å². The van der Waals surface area contributed by atoms with Gasteiger partial charge >= 0.3 is 0 Å². The standard InChI is InChI=1S/C11H18FN3O2/c1-16-7-9(17-2)6-15-11-10(12)8(5-13)3-4-14-11/h3-4,9H,5-7,13H2,1-2H3,(H,14,15). The first-order valence-electron chi connectivity index (χ1n) is 5.32. The van der Waals surface area contributed by atoms with Crippen LogP contribution in [0.1, 0.15) is 5.56 Å². The zero-order valence-electron chi connectivity index (χ0n) is 10.1. The number of hydrogen-bond donors (Lipinski definition) is 2. The van der Waals surface area contributed by atoms with Crippen molar-refractivity contribution in [2.75, 3.05) is 32.7 Å². The molecule has 0 radical (unpaired) electrons. The molecular weight excluding hydrogens is 225 g/mol. The van der Waals surface area contributed by atoms with Crippen LogP contribution in [0.3, 0.4) is 0 Å². The Morgan fingerprint density at radius 1 is 1.53 bits per heavy atom. The fourth-order valence-corrected chi connectivity index (χ4v) is 1.37. The van der Waals surface area contributed by atoms with Gasteiger partial charge in [-0.05, 0) is 6.07 Å². The summed E-state index contributed by atoms with van der Waals surface area (Å²) < 4.78 is 23.8. The Hall–Kier alpha value is -1.24. The van der Waals surface area contributed by atoms with Gasteiger partial charge in [-0.25, -0.2) is 9.37 Å². The van der Waals surface area contributed by atoms with Crippen molar-refractivity contribution in [3.8, 4) is 0 Å². The zero-order chi connectivity index (χ0) is 12.7. The number of methoxy groups -OCH3 is 2. The summed E-state index contributed by atoms with van der Waals surface area (Å²) >= 11 is 0.